The number of rotatable bonds is 3. The lowest BCUT2D eigenvalue weighted by molar-refractivity contribution is -0.151. The second-order valence-electron chi connectivity index (χ2n) is 6.68. The maximum Gasteiger partial charge on any atom is 0.396 e. The molecule has 27 heavy (non-hydrogen) atoms. The molecule has 7 nitrogen and oxygen atoms in total. The zero-order valence-corrected chi connectivity index (χ0v) is 14.4. The summed E-state index contributed by atoms with van der Waals surface area (Å²) in [4.78, 5) is 11.3. The van der Waals surface area contributed by atoms with E-state index in [0.29, 0.717) is 25.4 Å². The van der Waals surface area contributed by atoms with Gasteiger partial charge in [0.25, 0.3) is 0 Å². The van der Waals surface area contributed by atoms with Gasteiger partial charge >= 0.3 is 12.1 Å². The fourth-order valence-electron chi connectivity index (χ4n) is 3.65. The van der Waals surface area contributed by atoms with E-state index in [2.05, 4.69) is 5.10 Å². The highest BCUT2D eigenvalue weighted by Crippen LogP contribution is 2.48. The van der Waals surface area contributed by atoms with E-state index in [4.69, 9.17) is 13.9 Å². The number of aromatic carboxylic acids is 1. The average Bonchev–Trinajstić information content (AvgIpc) is 3.14. The van der Waals surface area contributed by atoms with Crippen molar-refractivity contribution in [3.63, 3.8) is 0 Å². The molecule has 1 aliphatic carbocycles. The van der Waals surface area contributed by atoms with Gasteiger partial charge in [-0.2, -0.15) is 18.3 Å². The van der Waals surface area contributed by atoms with Crippen molar-refractivity contribution in [1.29, 1.82) is 0 Å². The highest BCUT2D eigenvalue weighted by molar-refractivity contribution is 5.90. The van der Waals surface area contributed by atoms with Gasteiger partial charge in [-0.05, 0) is 6.92 Å². The molecule has 0 aromatic carbocycles. The normalized spacial score (nSPS) is 22.4. The summed E-state index contributed by atoms with van der Waals surface area (Å²) in [5.41, 5.74) is 0.751. The zero-order chi connectivity index (χ0) is 19.3. The number of carboxylic acid groups (broad SMARTS) is 1. The first-order valence-electron chi connectivity index (χ1n) is 8.45. The van der Waals surface area contributed by atoms with Gasteiger partial charge < -0.3 is 19.0 Å². The van der Waals surface area contributed by atoms with E-state index in [9.17, 15) is 23.1 Å². The second-order valence-corrected chi connectivity index (χ2v) is 6.68. The van der Waals surface area contributed by atoms with Gasteiger partial charge in [0.05, 0.1) is 38.0 Å². The molecular formula is C17H17F3N2O5. The van der Waals surface area contributed by atoms with Gasteiger partial charge in [0.1, 0.15) is 11.9 Å². The first-order chi connectivity index (χ1) is 12.8. The van der Waals surface area contributed by atoms with Crippen LogP contribution in [0.4, 0.5) is 13.2 Å². The molecule has 1 aliphatic heterocycles. The van der Waals surface area contributed by atoms with Gasteiger partial charge in [-0.25, -0.2) is 4.79 Å². The second kappa shape index (κ2) is 6.38. The quantitative estimate of drug-likeness (QED) is 0.873. The number of ether oxygens (including phenoxy) is 2. The minimum atomic E-state index is -4.51. The number of nitrogens with zero attached hydrogens (tertiary/aromatic N) is 2. The molecule has 0 radical (unpaired) electrons. The molecule has 0 spiro atoms. The number of fused-ring (bicyclic) bond motifs is 3. The number of aromatic nitrogens is 2. The van der Waals surface area contributed by atoms with Crippen molar-refractivity contribution in [3.05, 3.63) is 28.8 Å². The topological polar surface area (TPSA) is 86.7 Å². The van der Waals surface area contributed by atoms with Crippen LogP contribution in [0.1, 0.15) is 33.4 Å². The van der Waals surface area contributed by atoms with Crippen molar-refractivity contribution in [2.24, 2.45) is 0 Å². The van der Waals surface area contributed by atoms with Crippen molar-refractivity contribution in [2.75, 3.05) is 19.8 Å². The van der Waals surface area contributed by atoms with E-state index in [1.54, 1.807) is 0 Å². The third-order valence-corrected chi connectivity index (χ3v) is 4.88. The first-order valence-corrected chi connectivity index (χ1v) is 8.45. The number of hydrogen-bond donors (Lipinski definition) is 1. The molecule has 1 saturated heterocycles. The highest BCUT2D eigenvalue weighted by Gasteiger charge is 2.47. The molecule has 10 heteroatoms. The molecule has 2 aromatic rings. The van der Waals surface area contributed by atoms with Gasteiger partial charge in [-0.3, -0.25) is 4.68 Å². The molecule has 2 atom stereocenters. The maximum atomic E-state index is 13.6. The first kappa shape index (κ1) is 18.1. The van der Waals surface area contributed by atoms with Crippen LogP contribution in [0.15, 0.2) is 10.6 Å². The Balaban J connectivity index is 1.78. The molecule has 0 amide bonds. The number of carboxylic acids is 1. The van der Waals surface area contributed by atoms with E-state index in [1.165, 1.54) is 17.8 Å². The minimum Gasteiger partial charge on any atom is -0.475 e. The number of hydrogen-bond acceptors (Lipinski definition) is 5. The SMILES string of the molecule is Cc1c(C(=O)O)oc2c1-c1nn(C[C@H]3COCCO3)cc1C(C(F)(F)F)C2. The largest absolute Gasteiger partial charge is 0.475 e. The lowest BCUT2D eigenvalue weighted by atomic mass is 9.84. The van der Waals surface area contributed by atoms with E-state index in [-0.39, 0.29) is 41.0 Å². The number of furan rings is 1. The molecule has 2 aliphatic rings. The molecule has 3 heterocycles. The Morgan fingerprint density at radius 2 is 2.19 bits per heavy atom. The van der Waals surface area contributed by atoms with Crippen molar-refractivity contribution in [3.8, 4) is 11.3 Å². The number of halogens is 3. The van der Waals surface area contributed by atoms with Crippen LogP contribution in [0.2, 0.25) is 0 Å². The third-order valence-electron chi connectivity index (χ3n) is 4.88. The van der Waals surface area contributed by atoms with Crippen LogP contribution >= 0.6 is 0 Å². The van der Waals surface area contributed by atoms with Gasteiger partial charge in [0.15, 0.2) is 0 Å². The van der Waals surface area contributed by atoms with Gasteiger partial charge in [0, 0.05) is 29.3 Å². The maximum absolute atomic E-state index is 13.6. The van der Waals surface area contributed by atoms with Crippen LogP contribution in [0.5, 0.6) is 0 Å². The Morgan fingerprint density at radius 3 is 2.81 bits per heavy atom. The summed E-state index contributed by atoms with van der Waals surface area (Å²) >= 11 is 0. The van der Waals surface area contributed by atoms with Gasteiger partial charge in [-0.1, -0.05) is 0 Å². The van der Waals surface area contributed by atoms with Crippen LogP contribution < -0.4 is 0 Å². The van der Waals surface area contributed by atoms with Crippen LogP contribution in [-0.4, -0.2) is 53.0 Å². The molecule has 1 N–H and O–H groups in total. The van der Waals surface area contributed by atoms with Crippen LogP contribution in [0, 0.1) is 6.92 Å². The lowest BCUT2D eigenvalue weighted by Crippen LogP contribution is -2.32. The monoisotopic (exact) mass is 386 g/mol. The molecule has 0 saturated carbocycles. The number of carbonyl (C=O) groups is 1. The summed E-state index contributed by atoms with van der Waals surface area (Å²) in [6.45, 7) is 3.00. The van der Waals surface area contributed by atoms with E-state index in [1.807, 2.05) is 0 Å². The molecule has 1 unspecified atom stereocenters. The summed E-state index contributed by atoms with van der Waals surface area (Å²) in [5, 5.41) is 13.5. The summed E-state index contributed by atoms with van der Waals surface area (Å²) < 4.78 is 58.3. The molecule has 1 fully saturated rings. The van der Waals surface area contributed by atoms with Crippen molar-refractivity contribution in [1.82, 2.24) is 9.78 Å². The van der Waals surface area contributed by atoms with Gasteiger partial charge in [-0.15, -0.1) is 0 Å². The summed E-state index contributed by atoms with van der Waals surface area (Å²) in [7, 11) is 0. The third kappa shape index (κ3) is 3.12. The smallest absolute Gasteiger partial charge is 0.396 e. The Morgan fingerprint density at radius 1 is 1.41 bits per heavy atom. The van der Waals surface area contributed by atoms with E-state index < -0.39 is 24.5 Å². The van der Waals surface area contributed by atoms with Crippen LogP contribution in [0.3, 0.4) is 0 Å². The lowest BCUT2D eigenvalue weighted by Gasteiger charge is -2.23. The van der Waals surface area contributed by atoms with Crippen molar-refractivity contribution < 1.29 is 37.0 Å². The summed E-state index contributed by atoms with van der Waals surface area (Å²) in [5.74, 6) is -3.47. The summed E-state index contributed by atoms with van der Waals surface area (Å²) in [6, 6.07) is 0. The minimum absolute atomic E-state index is 0.00206. The average molecular weight is 386 g/mol. The van der Waals surface area contributed by atoms with Crippen molar-refractivity contribution >= 4 is 5.97 Å². The summed E-state index contributed by atoms with van der Waals surface area (Å²) in [6.07, 6.45) is -3.89. The standard InChI is InChI=1S/C17H17F3N2O5/c1-8-13-12(27-15(8)16(23)24)4-11(17(18,19)20)10-6-22(21-14(10)13)5-9-7-25-2-3-26-9/h6,9,11H,2-5,7H2,1H3,(H,23,24)/t9-,11?/m0/s1. The highest BCUT2D eigenvalue weighted by atomic mass is 19.4. The number of alkyl halides is 3. The Hall–Kier alpha value is -2.33. The molecular weight excluding hydrogens is 369 g/mol. The molecule has 2 aromatic heterocycles. The van der Waals surface area contributed by atoms with Crippen molar-refractivity contribution in [2.45, 2.75) is 38.1 Å². The Bertz CT molecular complexity index is 880. The zero-order valence-electron chi connectivity index (χ0n) is 14.4. The van der Waals surface area contributed by atoms with E-state index >= 15 is 0 Å². The Labute approximate surface area is 151 Å². The molecule has 4 rings (SSSR count). The fourth-order valence-corrected chi connectivity index (χ4v) is 3.65. The predicted molar refractivity (Wildman–Crippen MR) is 84.7 cm³/mol. The fraction of sp³-hybridized carbons (Fsp3) is 0.529. The Kier molecular flexibility index (Phi) is 4.26. The predicted octanol–water partition coefficient (Wildman–Crippen LogP) is 2.77. The molecule has 0 bridgehead atoms. The van der Waals surface area contributed by atoms with E-state index in [0.717, 1.165) is 0 Å². The van der Waals surface area contributed by atoms with Crippen LogP contribution in [-0.2, 0) is 22.4 Å². The molecule has 146 valence electrons. The van der Waals surface area contributed by atoms with Crippen LogP contribution in [0.25, 0.3) is 11.3 Å². The van der Waals surface area contributed by atoms with Gasteiger partial charge in [0.2, 0.25) is 5.76 Å².